The summed E-state index contributed by atoms with van der Waals surface area (Å²) in [5.41, 5.74) is 4.30. The van der Waals surface area contributed by atoms with Gasteiger partial charge in [0.05, 0.1) is 0 Å². The highest BCUT2D eigenvalue weighted by Gasteiger charge is 2.20. The van der Waals surface area contributed by atoms with Gasteiger partial charge in [0, 0.05) is 6.04 Å². The summed E-state index contributed by atoms with van der Waals surface area (Å²) in [5, 5.41) is 3.65. The standard InChI is InChI=1S/C15H23N/c1-11-6-7-14(9-13(11)3)10-15-12(2)5-4-8-16-15/h6-7,9,12,15-16H,4-5,8,10H2,1-3H3. The van der Waals surface area contributed by atoms with Crippen LogP contribution >= 0.6 is 0 Å². The summed E-state index contributed by atoms with van der Waals surface area (Å²) in [4.78, 5) is 0. The van der Waals surface area contributed by atoms with Crippen LogP contribution in [0.1, 0.15) is 36.5 Å². The fourth-order valence-corrected chi connectivity index (χ4v) is 2.57. The van der Waals surface area contributed by atoms with Crippen LogP contribution < -0.4 is 5.32 Å². The topological polar surface area (TPSA) is 12.0 Å². The van der Waals surface area contributed by atoms with E-state index in [2.05, 4.69) is 44.3 Å². The van der Waals surface area contributed by atoms with E-state index in [0.29, 0.717) is 6.04 Å². The Hall–Kier alpha value is -0.820. The minimum atomic E-state index is 0.677. The largest absolute Gasteiger partial charge is 0.313 e. The SMILES string of the molecule is Cc1ccc(CC2NCCCC2C)cc1C. The molecule has 16 heavy (non-hydrogen) atoms. The van der Waals surface area contributed by atoms with Crippen LogP contribution in [0.15, 0.2) is 18.2 Å². The van der Waals surface area contributed by atoms with E-state index < -0.39 is 0 Å². The van der Waals surface area contributed by atoms with E-state index in [1.807, 2.05) is 0 Å². The molecule has 0 aliphatic carbocycles. The van der Waals surface area contributed by atoms with Crippen LogP contribution in [-0.2, 0) is 6.42 Å². The highest BCUT2D eigenvalue weighted by atomic mass is 14.9. The first-order chi connectivity index (χ1) is 7.66. The van der Waals surface area contributed by atoms with Gasteiger partial charge in [0.25, 0.3) is 0 Å². The molecule has 1 aliphatic heterocycles. The fourth-order valence-electron chi connectivity index (χ4n) is 2.57. The highest BCUT2D eigenvalue weighted by Crippen LogP contribution is 2.20. The Bertz CT molecular complexity index is 356. The Labute approximate surface area is 99.3 Å². The molecule has 0 radical (unpaired) electrons. The van der Waals surface area contributed by atoms with Crippen molar-refractivity contribution in [2.24, 2.45) is 5.92 Å². The van der Waals surface area contributed by atoms with Crippen molar-refractivity contribution < 1.29 is 0 Å². The molecule has 1 heterocycles. The average Bonchev–Trinajstić information content (AvgIpc) is 2.27. The van der Waals surface area contributed by atoms with E-state index in [4.69, 9.17) is 0 Å². The minimum Gasteiger partial charge on any atom is -0.313 e. The zero-order valence-electron chi connectivity index (χ0n) is 10.7. The summed E-state index contributed by atoms with van der Waals surface area (Å²) in [6.45, 7) is 7.95. The zero-order valence-corrected chi connectivity index (χ0v) is 10.7. The van der Waals surface area contributed by atoms with Crippen LogP contribution in [0.3, 0.4) is 0 Å². The lowest BCUT2D eigenvalue weighted by molar-refractivity contribution is 0.298. The number of hydrogen-bond acceptors (Lipinski definition) is 1. The fraction of sp³-hybridized carbons (Fsp3) is 0.600. The first-order valence-corrected chi connectivity index (χ1v) is 6.46. The summed E-state index contributed by atoms with van der Waals surface area (Å²) in [7, 11) is 0. The molecule has 1 nitrogen and oxygen atoms in total. The molecule has 0 bridgehead atoms. The Balaban J connectivity index is 2.05. The summed E-state index contributed by atoms with van der Waals surface area (Å²) >= 11 is 0. The molecule has 1 saturated heterocycles. The lowest BCUT2D eigenvalue weighted by Gasteiger charge is -2.30. The number of rotatable bonds is 2. The van der Waals surface area contributed by atoms with Crippen LogP contribution in [-0.4, -0.2) is 12.6 Å². The van der Waals surface area contributed by atoms with Gasteiger partial charge in [-0.15, -0.1) is 0 Å². The van der Waals surface area contributed by atoms with Gasteiger partial charge in [-0.25, -0.2) is 0 Å². The zero-order chi connectivity index (χ0) is 11.5. The highest BCUT2D eigenvalue weighted by molar-refractivity contribution is 5.30. The molecule has 88 valence electrons. The second-order valence-corrected chi connectivity index (χ2v) is 5.30. The van der Waals surface area contributed by atoms with E-state index in [1.165, 1.54) is 42.5 Å². The van der Waals surface area contributed by atoms with E-state index >= 15 is 0 Å². The molecule has 1 aromatic carbocycles. The predicted octanol–water partition coefficient (Wildman–Crippen LogP) is 3.23. The van der Waals surface area contributed by atoms with Gasteiger partial charge in [0.1, 0.15) is 0 Å². The van der Waals surface area contributed by atoms with Crippen LogP contribution in [0.5, 0.6) is 0 Å². The van der Waals surface area contributed by atoms with Crippen molar-refractivity contribution in [3.63, 3.8) is 0 Å². The van der Waals surface area contributed by atoms with E-state index in [-0.39, 0.29) is 0 Å². The Morgan fingerprint density at radius 3 is 2.75 bits per heavy atom. The van der Waals surface area contributed by atoms with Gasteiger partial charge in [-0.05, 0) is 62.3 Å². The first-order valence-electron chi connectivity index (χ1n) is 6.46. The molecular formula is C15H23N. The van der Waals surface area contributed by atoms with Gasteiger partial charge in [-0.3, -0.25) is 0 Å². The summed E-state index contributed by atoms with van der Waals surface area (Å²) in [6, 6.07) is 7.55. The van der Waals surface area contributed by atoms with Crippen molar-refractivity contribution in [1.82, 2.24) is 5.32 Å². The molecule has 1 fully saturated rings. The molecule has 1 N–H and O–H groups in total. The maximum Gasteiger partial charge on any atom is 0.0133 e. The van der Waals surface area contributed by atoms with Gasteiger partial charge in [-0.2, -0.15) is 0 Å². The Kier molecular flexibility index (Phi) is 3.65. The monoisotopic (exact) mass is 217 g/mol. The van der Waals surface area contributed by atoms with Crippen molar-refractivity contribution in [2.45, 2.75) is 46.1 Å². The number of hydrogen-bond donors (Lipinski definition) is 1. The van der Waals surface area contributed by atoms with Gasteiger partial charge >= 0.3 is 0 Å². The third-order valence-electron chi connectivity index (χ3n) is 3.96. The lowest BCUT2D eigenvalue weighted by Crippen LogP contribution is -2.41. The third-order valence-corrected chi connectivity index (χ3v) is 3.96. The maximum absolute atomic E-state index is 3.65. The molecule has 0 aromatic heterocycles. The van der Waals surface area contributed by atoms with Crippen molar-refractivity contribution in [3.8, 4) is 0 Å². The molecule has 1 heteroatoms. The quantitative estimate of drug-likeness (QED) is 0.802. The number of piperidine rings is 1. The molecule has 0 spiro atoms. The van der Waals surface area contributed by atoms with E-state index in [9.17, 15) is 0 Å². The molecule has 1 aliphatic rings. The molecule has 2 unspecified atom stereocenters. The third kappa shape index (κ3) is 2.65. The maximum atomic E-state index is 3.65. The van der Waals surface area contributed by atoms with Crippen molar-refractivity contribution in [3.05, 3.63) is 34.9 Å². The van der Waals surface area contributed by atoms with Crippen molar-refractivity contribution in [2.75, 3.05) is 6.54 Å². The second kappa shape index (κ2) is 5.01. The molecule has 0 saturated carbocycles. The smallest absolute Gasteiger partial charge is 0.0133 e. The van der Waals surface area contributed by atoms with Crippen LogP contribution in [0.2, 0.25) is 0 Å². The van der Waals surface area contributed by atoms with Crippen LogP contribution in [0.4, 0.5) is 0 Å². The van der Waals surface area contributed by atoms with Gasteiger partial charge < -0.3 is 5.32 Å². The summed E-state index contributed by atoms with van der Waals surface area (Å²) in [6.07, 6.45) is 3.90. The molecule has 2 atom stereocenters. The predicted molar refractivity (Wildman–Crippen MR) is 69.8 cm³/mol. The lowest BCUT2D eigenvalue weighted by atomic mass is 9.88. The molecule has 0 amide bonds. The van der Waals surface area contributed by atoms with Gasteiger partial charge in [-0.1, -0.05) is 25.1 Å². The van der Waals surface area contributed by atoms with Gasteiger partial charge in [0.2, 0.25) is 0 Å². The van der Waals surface area contributed by atoms with Crippen LogP contribution in [0, 0.1) is 19.8 Å². The van der Waals surface area contributed by atoms with E-state index in [0.717, 1.165) is 5.92 Å². The summed E-state index contributed by atoms with van der Waals surface area (Å²) < 4.78 is 0. The number of aryl methyl sites for hydroxylation is 2. The second-order valence-electron chi connectivity index (χ2n) is 5.30. The van der Waals surface area contributed by atoms with Crippen LogP contribution in [0.25, 0.3) is 0 Å². The van der Waals surface area contributed by atoms with Crippen molar-refractivity contribution in [1.29, 1.82) is 0 Å². The average molecular weight is 217 g/mol. The normalized spacial score (nSPS) is 25.7. The van der Waals surface area contributed by atoms with E-state index in [1.54, 1.807) is 0 Å². The molecule has 1 aromatic rings. The van der Waals surface area contributed by atoms with Gasteiger partial charge in [0.15, 0.2) is 0 Å². The Morgan fingerprint density at radius 2 is 2.06 bits per heavy atom. The molecule has 2 rings (SSSR count). The number of nitrogens with one attached hydrogen (secondary N) is 1. The minimum absolute atomic E-state index is 0.677. The Morgan fingerprint density at radius 1 is 1.25 bits per heavy atom. The molecular weight excluding hydrogens is 194 g/mol. The van der Waals surface area contributed by atoms with Crippen molar-refractivity contribution >= 4 is 0 Å². The first kappa shape index (κ1) is 11.7. The summed E-state index contributed by atoms with van der Waals surface area (Å²) in [5.74, 6) is 0.815. The number of benzene rings is 1.